The van der Waals surface area contributed by atoms with Crippen LogP contribution in [0.2, 0.25) is 5.02 Å². The monoisotopic (exact) mass is 388 g/mol. The van der Waals surface area contributed by atoms with Gasteiger partial charge in [-0.3, -0.25) is 0 Å². The Kier molecular flexibility index (Phi) is 4.42. The minimum atomic E-state index is -4.41. The minimum Gasteiger partial charge on any atom is -1.00 e. The van der Waals surface area contributed by atoms with Gasteiger partial charge in [0, 0.05) is 13.0 Å². The average molecular weight is 389 g/mol. The number of fused-ring (bicyclic) bond motifs is 1. The van der Waals surface area contributed by atoms with Gasteiger partial charge in [-0.2, -0.15) is 17.6 Å². The van der Waals surface area contributed by atoms with E-state index < -0.39 is 11.7 Å². The first-order chi connectivity index (χ1) is 7.79. The van der Waals surface area contributed by atoms with Crippen molar-refractivity contribution in [1.29, 1.82) is 0 Å². The van der Waals surface area contributed by atoms with Crippen molar-refractivity contribution in [3.8, 4) is 0 Å². The smallest absolute Gasteiger partial charge is 0.419 e. The molecule has 2 heterocycles. The van der Waals surface area contributed by atoms with Crippen LogP contribution in [0.4, 0.5) is 13.2 Å². The molecule has 0 fully saturated rings. The molecule has 0 bridgehead atoms. The Morgan fingerprint density at radius 1 is 1.22 bits per heavy atom. The van der Waals surface area contributed by atoms with Crippen molar-refractivity contribution < 1.29 is 41.5 Å². The van der Waals surface area contributed by atoms with E-state index in [1.165, 1.54) is 4.40 Å². The number of pyridine rings is 1. The van der Waals surface area contributed by atoms with Crippen LogP contribution in [-0.4, -0.2) is 4.98 Å². The predicted molar refractivity (Wildman–Crippen MR) is 56.9 cm³/mol. The number of aryl methyl sites for hydroxylation is 2. The van der Waals surface area contributed by atoms with Crippen molar-refractivity contribution >= 4 is 17.2 Å². The fourth-order valence-corrected chi connectivity index (χ4v) is 1.91. The number of nitrogens with zero attached hydrogens (tertiary/aromatic N) is 2. The summed E-state index contributed by atoms with van der Waals surface area (Å²) in [6, 6.07) is 2.59. The van der Waals surface area contributed by atoms with Crippen molar-refractivity contribution in [2.45, 2.75) is 20.0 Å². The highest BCUT2D eigenvalue weighted by atomic mass is 127. The van der Waals surface area contributed by atoms with Crippen LogP contribution < -0.4 is 28.4 Å². The Balaban J connectivity index is 0.00000162. The molecule has 0 amide bonds. The predicted octanol–water partition coefficient (Wildman–Crippen LogP) is 0.113. The van der Waals surface area contributed by atoms with E-state index in [1.54, 1.807) is 19.9 Å². The van der Waals surface area contributed by atoms with Crippen LogP contribution in [0, 0.1) is 13.8 Å². The zero-order valence-electron chi connectivity index (χ0n) is 9.52. The van der Waals surface area contributed by atoms with Gasteiger partial charge in [-0.15, -0.1) is 0 Å². The van der Waals surface area contributed by atoms with Crippen LogP contribution in [0.25, 0.3) is 5.65 Å². The number of alkyl halides is 3. The Labute approximate surface area is 124 Å². The van der Waals surface area contributed by atoms with E-state index in [0.717, 1.165) is 12.3 Å². The van der Waals surface area contributed by atoms with E-state index in [0.29, 0.717) is 17.0 Å². The molecule has 0 N–H and O–H groups in total. The molecule has 0 saturated carbocycles. The topological polar surface area (TPSA) is 17.0 Å². The summed E-state index contributed by atoms with van der Waals surface area (Å²) in [6.07, 6.45) is -3.41. The fraction of sp³-hybridized carbons (Fsp3) is 0.273. The summed E-state index contributed by atoms with van der Waals surface area (Å²) in [6.45, 7) is 3.47. The maximum Gasteiger partial charge on any atom is 0.419 e. The van der Waals surface area contributed by atoms with Gasteiger partial charge < -0.3 is 24.0 Å². The van der Waals surface area contributed by atoms with Crippen molar-refractivity contribution in [2.24, 2.45) is 0 Å². The molecule has 0 aliphatic carbocycles. The summed E-state index contributed by atoms with van der Waals surface area (Å²) < 4.78 is 39.2. The van der Waals surface area contributed by atoms with Crippen LogP contribution in [0.1, 0.15) is 17.0 Å². The highest BCUT2D eigenvalue weighted by molar-refractivity contribution is 6.33. The summed E-state index contributed by atoms with van der Waals surface area (Å²) in [4.78, 5) is 4.12. The zero-order valence-corrected chi connectivity index (χ0v) is 12.4. The first kappa shape index (κ1) is 15.4. The minimum absolute atomic E-state index is 0. The second-order valence-corrected chi connectivity index (χ2v) is 4.21. The number of halogens is 5. The third-order valence-electron chi connectivity index (χ3n) is 2.40. The van der Waals surface area contributed by atoms with Gasteiger partial charge in [0.1, 0.15) is 16.9 Å². The second-order valence-electron chi connectivity index (χ2n) is 3.81. The molecule has 0 saturated heterocycles. The van der Waals surface area contributed by atoms with Gasteiger partial charge in [0.2, 0.25) is 0 Å². The molecule has 98 valence electrons. The maximum absolute atomic E-state index is 12.6. The van der Waals surface area contributed by atoms with Crippen LogP contribution >= 0.6 is 11.6 Å². The van der Waals surface area contributed by atoms with E-state index in [1.807, 2.05) is 0 Å². The SMILES string of the molecule is Cc1cc(C)[n+]2cc(C(F)(F)F)cc(Cl)c2n1.[I-]. The standard InChI is InChI=1S/C11H9ClF3N2.HI/c1-6-3-7(2)17-5-8(11(13,14)15)4-9(12)10(17)16-6;/h3-5H,1-2H3;1H/q+1;/p-1. The van der Waals surface area contributed by atoms with Gasteiger partial charge in [0.15, 0.2) is 5.69 Å². The summed E-state index contributed by atoms with van der Waals surface area (Å²) in [5.41, 5.74) is 0.913. The summed E-state index contributed by atoms with van der Waals surface area (Å²) in [7, 11) is 0. The van der Waals surface area contributed by atoms with Crippen molar-refractivity contribution in [2.75, 3.05) is 0 Å². The van der Waals surface area contributed by atoms with Crippen LogP contribution in [-0.2, 0) is 6.18 Å². The molecule has 2 nitrogen and oxygen atoms in total. The second kappa shape index (κ2) is 5.16. The van der Waals surface area contributed by atoms with Crippen molar-refractivity contribution in [3.05, 3.63) is 40.3 Å². The first-order valence-electron chi connectivity index (χ1n) is 4.85. The molecular formula is C11H9ClF3IN2. The molecule has 0 aliphatic rings. The zero-order chi connectivity index (χ0) is 12.8. The molecule has 18 heavy (non-hydrogen) atoms. The number of hydrogen-bond acceptors (Lipinski definition) is 1. The Bertz CT molecular complexity index is 599. The lowest BCUT2D eigenvalue weighted by Gasteiger charge is -2.07. The van der Waals surface area contributed by atoms with E-state index in [9.17, 15) is 13.2 Å². The summed E-state index contributed by atoms with van der Waals surface area (Å²) in [5.74, 6) is 0. The lowest BCUT2D eigenvalue weighted by Crippen LogP contribution is -3.00. The van der Waals surface area contributed by atoms with E-state index in [2.05, 4.69) is 4.98 Å². The first-order valence-corrected chi connectivity index (χ1v) is 5.23. The maximum atomic E-state index is 12.6. The Morgan fingerprint density at radius 3 is 2.39 bits per heavy atom. The third kappa shape index (κ3) is 2.85. The molecule has 0 radical (unpaired) electrons. The highest BCUT2D eigenvalue weighted by Crippen LogP contribution is 2.30. The molecule has 0 atom stereocenters. The molecule has 0 unspecified atom stereocenters. The van der Waals surface area contributed by atoms with Gasteiger partial charge in [-0.1, -0.05) is 11.6 Å². The quantitative estimate of drug-likeness (QED) is 0.463. The normalized spacial score (nSPS) is 11.4. The number of rotatable bonds is 0. The van der Waals surface area contributed by atoms with E-state index in [-0.39, 0.29) is 29.0 Å². The van der Waals surface area contributed by atoms with E-state index in [4.69, 9.17) is 11.6 Å². The molecule has 7 heteroatoms. The van der Waals surface area contributed by atoms with Crippen LogP contribution in [0.15, 0.2) is 18.3 Å². The summed E-state index contributed by atoms with van der Waals surface area (Å²) >= 11 is 5.83. The van der Waals surface area contributed by atoms with Crippen LogP contribution in [0.5, 0.6) is 0 Å². The summed E-state index contributed by atoms with van der Waals surface area (Å²) in [5, 5.41) is -0.00775. The van der Waals surface area contributed by atoms with Gasteiger partial charge in [0.05, 0.1) is 5.56 Å². The molecule has 0 aliphatic heterocycles. The van der Waals surface area contributed by atoms with Crippen molar-refractivity contribution in [1.82, 2.24) is 4.98 Å². The highest BCUT2D eigenvalue weighted by Gasteiger charge is 2.33. The van der Waals surface area contributed by atoms with Gasteiger partial charge in [0.25, 0.3) is 0 Å². The Morgan fingerprint density at radius 2 is 1.83 bits per heavy atom. The largest absolute Gasteiger partial charge is 1.00 e. The molecule has 2 rings (SSSR count). The molecule has 2 aromatic rings. The fourth-order valence-electron chi connectivity index (χ4n) is 1.66. The van der Waals surface area contributed by atoms with Crippen molar-refractivity contribution in [3.63, 3.8) is 0 Å². The third-order valence-corrected chi connectivity index (χ3v) is 2.68. The van der Waals surface area contributed by atoms with Gasteiger partial charge in [-0.05, 0) is 18.0 Å². The number of aromatic nitrogens is 2. The molecule has 0 aromatic carbocycles. The lowest BCUT2D eigenvalue weighted by atomic mass is 10.2. The van der Waals surface area contributed by atoms with Gasteiger partial charge in [-0.25, -0.2) is 0 Å². The molecule has 0 spiro atoms. The van der Waals surface area contributed by atoms with E-state index >= 15 is 0 Å². The Hall–Kier alpha value is -0.630. The lowest BCUT2D eigenvalue weighted by molar-refractivity contribution is -0.524. The van der Waals surface area contributed by atoms with Gasteiger partial charge >= 0.3 is 11.8 Å². The van der Waals surface area contributed by atoms with Crippen LogP contribution in [0.3, 0.4) is 0 Å². The average Bonchev–Trinajstić information content (AvgIpc) is 2.17. The molecule has 2 aromatic heterocycles. The molecular weight excluding hydrogens is 379 g/mol. The number of hydrogen-bond donors (Lipinski definition) is 0.